The largest absolute Gasteiger partial charge is 0.367 e. The Balaban J connectivity index is 1.25. The number of carbonyl (C=O) groups is 2. The highest BCUT2D eigenvalue weighted by Gasteiger charge is 2.26. The van der Waals surface area contributed by atoms with Gasteiger partial charge in [-0.25, -0.2) is 9.97 Å². The molecule has 2 amide bonds. The molecule has 0 saturated heterocycles. The molecule has 1 aliphatic heterocycles. The zero-order valence-electron chi connectivity index (χ0n) is 20.1. The number of nitroso groups, excluding NO2 is 1. The molecule has 1 aromatic carbocycles. The van der Waals surface area contributed by atoms with Gasteiger partial charge in [0, 0.05) is 51.3 Å². The van der Waals surface area contributed by atoms with Gasteiger partial charge in [0.2, 0.25) is 5.91 Å². The molecule has 2 aromatic rings. The van der Waals surface area contributed by atoms with E-state index >= 15 is 0 Å². The smallest absolute Gasteiger partial charge is 0.270 e. The zero-order chi connectivity index (χ0) is 24.6. The minimum Gasteiger partial charge on any atom is -0.367 e. The monoisotopic (exact) mass is 479 g/mol. The van der Waals surface area contributed by atoms with Crippen LogP contribution in [0.15, 0.2) is 41.8 Å². The maximum atomic E-state index is 12.7. The molecule has 10 nitrogen and oxygen atoms in total. The number of benzene rings is 1. The van der Waals surface area contributed by atoms with Gasteiger partial charge in [-0.15, -0.1) is 0 Å². The summed E-state index contributed by atoms with van der Waals surface area (Å²) in [6.07, 6.45) is 5.65. The predicted molar refractivity (Wildman–Crippen MR) is 133 cm³/mol. The molecule has 4 rings (SSSR count). The van der Waals surface area contributed by atoms with E-state index in [0.717, 1.165) is 45.2 Å². The molecule has 1 unspecified atom stereocenters. The van der Waals surface area contributed by atoms with E-state index in [9.17, 15) is 14.5 Å². The summed E-state index contributed by atoms with van der Waals surface area (Å²) >= 11 is 0. The summed E-state index contributed by atoms with van der Waals surface area (Å²) in [4.78, 5) is 46.5. The summed E-state index contributed by atoms with van der Waals surface area (Å²) in [6, 6.07) is 9.60. The van der Waals surface area contributed by atoms with Crippen molar-refractivity contribution in [3.63, 3.8) is 0 Å². The van der Waals surface area contributed by atoms with E-state index in [2.05, 4.69) is 48.1 Å². The van der Waals surface area contributed by atoms with Gasteiger partial charge in [-0.3, -0.25) is 14.5 Å². The highest BCUT2D eigenvalue weighted by atomic mass is 16.3. The Labute approximate surface area is 205 Å². The Kier molecular flexibility index (Phi) is 8.36. The molecule has 186 valence electrons. The normalized spacial score (nSPS) is 20.8. The van der Waals surface area contributed by atoms with E-state index in [0.29, 0.717) is 12.4 Å². The highest BCUT2D eigenvalue weighted by Crippen LogP contribution is 2.26. The first-order valence-corrected chi connectivity index (χ1v) is 12.3. The Hall–Kier alpha value is -3.40. The average molecular weight is 480 g/mol. The van der Waals surface area contributed by atoms with Crippen molar-refractivity contribution in [2.24, 2.45) is 11.1 Å². The molecule has 0 bridgehead atoms. The number of anilines is 1. The second-order valence-electron chi connectivity index (χ2n) is 9.32. The lowest BCUT2D eigenvalue weighted by Gasteiger charge is -2.30. The number of amides is 2. The van der Waals surface area contributed by atoms with Crippen molar-refractivity contribution in [3.8, 4) is 0 Å². The van der Waals surface area contributed by atoms with Crippen molar-refractivity contribution in [1.29, 1.82) is 0 Å². The predicted octanol–water partition coefficient (Wildman–Crippen LogP) is 2.12. The molecule has 2 aliphatic rings. The van der Waals surface area contributed by atoms with E-state index in [1.54, 1.807) is 13.1 Å². The molecular formula is C25H33N7O3. The minimum atomic E-state index is -0.542. The molecule has 3 N–H and O–H groups in total. The molecule has 35 heavy (non-hydrogen) atoms. The summed E-state index contributed by atoms with van der Waals surface area (Å²) in [5.41, 5.74) is 2.86. The molecule has 1 fully saturated rings. The zero-order valence-corrected chi connectivity index (χ0v) is 20.1. The fourth-order valence-electron chi connectivity index (χ4n) is 4.92. The number of hydrogen-bond acceptors (Lipinski definition) is 8. The SMILES string of the molecule is CNC(=O)C1CCC(Nc2cc(C(=O)NCC(CN3CCc4ccccc4C3)N=O)ncn2)CC1. The van der Waals surface area contributed by atoms with E-state index in [1.165, 1.54) is 17.5 Å². The third-order valence-corrected chi connectivity index (χ3v) is 6.92. The van der Waals surface area contributed by atoms with Crippen molar-refractivity contribution in [2.75, 3.05) is 32.0 Å². The average Bonchev–Trinajstić information content (AvgIpc) is 2.90. The summed E-state index contributed by atoms with van der Waals surface area (Å²) in [5, 5.41) is 12.1. The van der Waals surface area contributed by atoms with Crippen LogP contribution in [-0.2, 0) is 17.8 Å². The van der Waals surface area contributed by atoms with Gasteiger partial charge in [-0.05, 0) is 43.2 Å². The van der Waals surface area contributed by atoms with Gasteiger partial charge in [-0.2, -0.15) is 4.91 Å². The number of nitrogens with zero attached hydrogens (tertiary/aromatic N) is 4. The standard InChI is InChI=1S/C25H33N7O3/c1-26-24(33)18-6-8-20(9-7-18)30-23-12-22(28-16-29-23)25(34)27-13-21(31-35)15-32-11-10-17-4-2-3-5-19(17)14-32/h2-5,12,16,18,20-21H,6-11,13-15H2,1H3,(H,26,33)(H,27,34)(H,28,29,30). The van der Waals surface area contributed by atoms with Crippen LogP contribution in [0.4, 0.5) is 5.82 Å². The molecule has 1 saturated carbocycles. The van der Waals surface area contributed by atoms with Gasteiger partial charge in [0.15, 0.2) is 0 Å². The number of aromatic nitrogens is 2. The molecule has 1 atom stereocenters. The van der Waals surface area contributed by atoms with Crippen LogP contribution in [-0.4, -0.2) is 65.4 Å². The Morgan fingerprint density at radius 3 is 2.66 bits per heavy atom. The first-order valence-electron chi connectivity index (χ1n) is 12.3. The number of hydrogen-bond donors (Lipinski definition) is 3. The lowest BCUT2D eigenvalue weighted by atomic mass is 9.85. The summed E-state index contributed by atoms with van der Waals surface area (Å²) in [7, 11) is 1.67. The topological polar surface area (TPSA) is 129 Å². The lowest BCUT2D eigenvalue weighted by Crippen LogP contribution is -2.41. The third kappa shape index (κ3) is 6.60. The van der Waals surface area contributed by atoms with Crippen LogP contribution in [0.5, 0.6) is 0 Å². The van der Waals surface area contributed by atoms with Gasteiger partial charge >= 0.3 is 0 Å². The number of nitrogens with one attached hydrogen (secondary N) is 3. The number of fused-ring (bicyclic) bond motifs is 1. The van der Waals surface area contributed by atoms with Gasteiger partial charge in [-0.1, -0.05) is 29.4 Å². The van der Waals surface area contributed by atoms with Gasteiger partial charge in [0.25, 0.3) is 5.91 Å². The molecule has 0 spiro atoms. The summed E-state index contributed by atoms with van der Waals surface area (Å²) in [6.45, 7) is 2.29. The lowest BCUT2D eigenvalue weighted by molar-refractivity contribution is -0.125. The fourth-order valence-corrected chi connectivity index (χ4v) is 4.92. The Morgan fingerprint density at radius 1 is 1.14 bits per heavy atom. The number of carbonyl (C=O) groups excluding carboxylic acids is 2. The third-order valence-electron chi connectivity index (χ3n) is 6.92. The van der Waals surface area contributed by atoms with Crippen molar-refractivity contribution in [1.82, 2.24) is 25.5 Å². The quantitative estimate of drug-likeness (QED) is 0.470. The van der Waals surface area contributed by atoms with Crippen LogP contribution in [0.3, 0.4) is 0 Å². The van der Waals surface area contributed by atoms with Crippen LogP contribution in [0.25, 0.3) is 0 Å². The van der Waals surface area contributed by atoms with Gasteiger partial charge in [0.1, 0.15) is 23.9 Å². The maximum Gasteiger partial charge on any atom is 0.270 e. The highest BCUT2D eigenvalue weighted by molar-refractivity contribution is 5.92. The second-order valence-corrected chi connectivity index (χ2v) is 9.32. The second kappa shape index (κ2) is 11.8. The molecular weight excluding hydrogens is 446 g/mol. The molecule has 0 radical (unpaired) electrons. The van der Waals surface area contributed by atoms with Gasteiger partial charge < -0.3 is 16.0 Å². The molecule has 1 aromatic heterocycles. The van der Waals surface area contributed by atoms with E-state index in [-0.39, 0.29) is 36.0 Å². The van der Waals surface area contributed by atoms with E-state index < -0.39 is 6.04 Å². The molecule has 1 aliphatic carbocycles. The van der Waals surface area contributed by atoms with Crippen molar-refractivity contribution in [2.45, 2.75) is 50.7 Å². The van der Waals surface area contributed by atoms with E-state index in [4.69, 9.17) is 0 Å². The van der Waals surface area contributed by atoms with Crippen LogP contribution >= 0.6 is 0 Å². The molecule has 2 heterocycles. The summed E-state index contributed by atoms with van der Waals surface area (Å²) in [5.74, 6) is 0.364. The van der Waals surface area contributed by atoms with Crippen molar-refractivity contribution in [3.05, 3.63) is 58.4 Å². The first kappa shape index (κ1) is 24.7. The van der Waals surface area contributed by atoms with Crippen LogP contribution < -0.4 is 16.0 Å². The Morgan fingerprint density at radius 2 is 1.91 bits per heavy atom. The van der Waals surface area contributed by atoms with Gasteiger partial charge in [0.05, 0.1) is 0 Å². The van der Waals surface area contributed by atoms with E-state index in [1.807, 2.05) is 12.1 Å². The Bertz CT molecular complexity index is 1040. The van der Waals surface area contributed by atoms with Crippen LogP contribution in [0, 0.1) is 10.8 Å². The van der Waals surface area contributed by atoms with Crippen LogP contribution in [0.2, 0.25) is 0 Å². The first-order chi connectivity index (χ1) is 17.1. The maximum absolute atomic E-state index is 12.7. The molecule has 10 heteroatoms. The minimum absolute atomic E-state index is 0.0591. The van der Waals surface area contributed by atoms with Crippen molar-refractivity contribution < 1.29 is 9.59 Å². The number of rotatable bonds is 9. The van der Waals surface area contributed by atoms with Crippen molar-refractivity contribution >= 4 is 17.6 Å². The van der Waals surface area contributed by atoms with Crippen LogP contribution in [0.1, 0.15) is 47.3 Å². The fraction of sp³-hybridized carbons (Fsp3) is 0.520. The summed E-state index contributed by atoms with van der Waals surface area (Å²) < 4.78 is 0.